The lowest BCUT2D eigenvalue weighted by atomic mass is 9.97. The van der Waals surface area contributed by atoms with Crippen LogP contribution in [0.1, 0.15) is 35.2 Å². The summed E-state index contributed by atoms with van der Waals surface area (Å²) in [5.74, 6) is 0.583. The summed E-state index contributed by atoms with van der Waals surface area (Å²) in [4.78, 5) is 10.7. The lowest BCUT2D eigenvalue weighted by Crippen LogP contribution is -2.09. The number of benzene rings is 1. The van der Waals surface area contributed by atoms with E-state index in [-0.39, 0.29) is 10.6 Å². The molecule has 1 aliphatic carbocycles. The van der Waals surface area contributed by atoms with E-state index in [1.807, 2.05) is 17.7 Å². The van der Waals surface area contributed by atoms with Crippen molar-refractivity contribution >= 4 is 11.5 Å². The Kier molecular flexibility index (Phi) is 3.16. The zero-order chi connectivity index (χ0) is 15.1. The maximum atomic E-state index is 11.0. The van der Waals surface area contributed by atoms with E-state index in [9.17, 15) is 10.1 Å². The monoisotopic (exact) mass is 286 g/mol. The predicted octanol–water partition coefficient (Wildman–Crippen LogP) is 2.86. The second kappa shape index (κ2) is 4.87. The number of nitro groups is 1. The Balaban J connectivity index is 2.18. The predicted molar refractivity (Wildman–Crippen MR) is 80.7 cm³/mol. The Morgan fingerprint density at radius 1 is 1.24 bits per heavy atom. The molecular weight excluding hydrogens is 268 g/mol. The number of aryl methyl sites for hydroxylation is 2. The highest BCUT2D eigenvalue weighted by Gasteiger charge is 2.22. The van der Waals surface area contributed by atoms with Gasteiger partial charge in [0, 0.05) is 22.9 Å². The van der Waals surface area contributed by atoms with Gasteiger partial charge in [-0.2, -0.15) is 5.10 Å². The second-order valence-corrected chi connectivity index (χ2v) is 5.61. The van der Waals surface area contributed by atoms with Crippen LogP contribution in [-0.4, -0.2) is 14.7 Å². The molecule has 0 bridgehead atoms. The molecule has 3 rings (SSSR count). The van der Waals surface area contributed by atoms with Crippen LogP contribution in [0.3, 0.4) is 0 Å². The van der Waals surface area contributed by atoms with Gasteiger partial charge < -0.3 is 5.73 Å². The molecule has 0 aliphatic heterocycles. The Labute approximate surface area is 122 Å². The van der Waals surface area contributed by atoms with Crippen molar-refractivity contribution in [2.24, 2.45) is 0 Å². The average molecular weight is 286 g/mol. The third kappa shape index (κ3) is 2.16. The summed E-state index contributed by atoms with van der Waals surface area (Å²) in [5.41, 5.74) is 10.8. The summed E-state index contributed by atoms with van der Waals surface area (Å²) in [7, 11) is 0. The molecular formula is C15H18N4O2. The van der Waals surface area contributed by atoms with Crippen molar-refractivity contribution in [3.05, 3.63) is 44.6 Å². The van der Waals surface area contributed by atoms with Crippen LogP contribution in [0.2, 0.25) is 0 Å². The van der Waals surface area contributed by atoms with E-state index in [0.717, 1.165) is 48.2 Å². The Morgan fingerprint density at radius 2 is 1.95 bits per heavy atom. The van der Waals surface area contributed by atoms with Crippen molar-refractivity contribution in [1.82, 2.24) is 9.78 Å². The molecule has 0 saturated heterocycles. The smallest absolute Gasteiger partial charge is 0.272 e. The Bertz CT molecular complexity index is 734. The topological polar surface area (TPSA) is 87.0 Å². The molecule has 1 aromatic heterocycles. The van der Waals surface area contributed by atoms with Crippen molar-refractivity contribution in [3.8, 4) is 5.69 Å². The maximum Gasteiger partial charge on any atom is 0.272 e. The molecule has 1 aromatic carbocycles. The van der Waals surface area contributed by atoms with Crippen LogP contribution >= 0.6 is 0 Å². The molecule has 110 valence electrons. The van der Waals surface area contributed by atoms with Crippen LogP contribution in [0, 0.1) is 24.0 Å². The quantitative estimate of drug-likeness (QED) is 0.679. The van der Waals surface area contributed by atoms with E-state index in [4.69, 9.17) is 5.73 Å². The number of fused-ring (bicyclic) bond motifs is 1. The van der Waals surface area contributed by atoms with Crippen LogP contribution in [0.4, 0.5) is 11.5 Å². The Hall–Kier alpha value is -2.37. The first-order valence-electron chi connectivity index (χ1n) is 7.11. The van der Waals surface area contributed by atoms with Crippen LogP contribution in [0.5, 0.6) is 0 Å². The number of nitrogen functional groups attached to an aromatic ring is 1. The van der Waals surface area contributed by atoms with E-state index < -0.39 is 0 Å². The summed E-state index contributed by atoms with van der Waals surface area (Å²) >= 11 is 0. The van der Waals surface area contributed by atoms with Gasteiger partial charge in [0.05, 0.1) is 10.6 Å². The minimum atomic E-state index is -0.348. The summed E-state index contributed by atoms with van der Waals surface area (Å²) in [6.45, 7) is 3.62. The van der Waals surface area contributed by atoms with Gasteiger partial charge in [-0.15, -0.1) is 0 Å². The molecule has 6 heteroatoms. The zero-order valence-corrected chi connectivity index (χ0v) is 12.2. The molecule has 0 spiro atoms. The molecule has 0 radical (unpaired) electrons. The maximum absolute atomic E-state index is 11.0. The van der Waals surface area contributed by atoms with Gasteiger partial charge in [0.1, 0.15) is 5.82 Å². The number of aromatic nitrogens is 2. The van der Waals surface area contributed by atoms with Gasteiger partial charge in [-0.25, -0.2) is 4.68 Å². The van der Waals surface area contributed by atoms with Gasteiger partial charge in [-0.05, 0) is 51.2 Å². The molecule has 0 atom stereocenters. The van der Waals surface area contributed by atoms with E-state index in [1.165, 1.54) is 0 Å². The molecule has 21 heavy (non-hydrogen) atoms. The van der Waals surface area contributed by atoms with Crippen molar-refractivity contribution in [3.63, 3.8) is 0 Å². The van der Waals surface area contributed by atoms with Gasteiger partial charge in [-0.1, -0.05) is 0 Å². The van der Waals surface area contributed by atoms with Crippen LogP contribution < -0.4 is 5.73 Å². The first-order valence-corrected chi connectivity index (χ1v) is 7.11. The number of anilines is 1. The number of hydrogen-bond acceptors (Lipinski definition) is 4. The fraction of sp³-hybridized carbons (Fsp3) is 0.400. The lowest BCUT2D eigenvalue weighted by Gasteiger charge is -2.15. The first kappa shape index (κ1) is 13.6. The number of rotatable bonds is 2. The molecule has 6 nitrogen and oxygen atoms in total. The fourth-order valence-corrected chi connectivity index (χ4v) is 3.04. The van der Waals surface area contributed by atoms with Crippen LogP contribution in [0.15, 0.2) is 12.1 Å². The highest BCUT2D eigenvalue weighted by atomic mass is 16.6. The summed E-state index contributed by atoms with van der Waals surface area (Å²) in [6, 6.07) is 3.44. The van der Waals surface area contributed by atoms with E-state index in [1.54, 1.807) is 13.0 Å². The second-order valence-electron chi connectivity index (χ2n) is 5.61. The molecule has 1 heterocycles. The van der Waals surface area contributed by atoms with Crippen molar-refractivity contribution in [2.75, 3.05) is 5.73 Å². The molecule has 1 aliphatic rings. The SMILES string of the molecule is Cc1cc([N+](=O)[O-])c(C)cc1-n1nc(N)c2c1CCCC2. The normalized spacial score (nSPS) is 14.0. The van der Waals surface area contributed by atoms with Gasteiger partial charge >= 0.3 is 0 Å². The number of nitro benzene ring substituents is 1. The molecule has 0 fully saturated rings. The van der Waals surface area contributed by atoms with E-state index in [2.05, 4.69) is 5.10 Å². The zero-order valence-electron chi connectivity index (χ0n) is 12.2. The standard InChI is InChI=1S/C15H18N4O2/c1-9-8-14(19(20)21)10(2)7-13(9)18-12-6-4-3-5-11(12)15(16)17-18/h7-8H,3-6H2,1-2H3,(H2,16,17). The largest absolute Gasteiger partial charge is 0.382 e. The number of nitrogens with two attached hydrogens (primary N) is 1. The van der Waals surface area contributed by atoms with Gasteiger partial charge in [0.2, 0.25) is 0 Å². The van der Waals surface area contributed by atoms with Crippen molar-refractivity contribution in [2.45, 2.75) is 39.5 Å². The minimum Gasteiger partial charge on any atom is -0.382 e. The summed E-state index contributed by atoms with van der Waals surface area (Å²) in [5, 5.41) is 15.5. The van der Waals surface area contributed by atoms with Crippen molar-refractivity contribution in [1.29, 1.82) is 0 Å². The number of hydrogen-bond donors (Lipinski definition) is 1. The van der Waals surface area contributed by atoms with Crippen LogP contribution in [-0.2, 0) is 12.8 Å². The minimum absolute atomic E-state index is 0.144. The van der Waals surface area contributed by atoms with Crippen molar-refractivity contribution < 1.29 is 4.92 Å². The highest BCUT2D eigenvalue weighted by molar-refractivity contribution is 5.55. The molecule has 2 aromatic rings. The van der Waals surface area contributed by atoms with Gasteiger partial charge in [-0.3, -0.25) is 10.1 Å². The molecule has 0 amide bonds. The third-order valence-corrected chi connectivity index (χ3v) is 4.15. The molecule has 0 saturated carbocycles. The van der Waals surface area contributed by atoms with E-state index >= 15 is 0 Å². The number of nitrogens with zero attached hydrogens (tertiary/aromatic N) is 3. The van der Waals surface area contributed by atoms with Crippen LogP contribution in [0.25, 0.3) is 5.69 Å². The molecule has 0 unspecified atom stereocenters. The summed E-state index contributed by atoms with van der Waals surface area (Å²) in [6.07, 6.45) is 4.19. The first-order chi connectivity index (χ1) is 9.99. The summed E-state index contributed by atoms with van der Waals surface area (Å²) < 4.78 is 1.87. The third-order valence-electron chi connectivity index (χ3n) is 4.15. The highest BCUT2D eigenvalue weighted by Crippen LogP contribution is 2.31. The Morgan fingerprint density at radius 3 is 2.67 bits per heavy atom. The molecule has 2 N–H and O–H groups in total. The fourth-order valence-electron chi connectivity index (χ4n) is 3.04. The lowest BCUT2D eigenvalue weighted by molar-refractivity contribution is -0.385. The van der Waals surface area contributed by atoms with E-state index in [0.29, 0.717) is 11.4 Å². The van der Waals surface area contributed by atoms with Gasteiger partial charge in [0.15, 0.2) is 0 Å². The van der Waals surface area contributed by atoms with Gasteiger partial charge in [0.25, 0.3) is 5.69 Å². The average Bonchev–Trinajstić information content (AvgIpc) is 2.78.